The molecule has 0 spiro atoms. The number of thiazole rings is 1. The number of benzene rings is 3. The van der Waals surface area contributed by atoms with E-state index in [9.17, 15) is 9.59 Å². The number of ether oxygens (including phenoxy) is 4. The first-order chi connectivity index (χ1) is 20.5. The number of esters is 1. The van der Waals surface area contributed by atoms with Crippen LogP contribution in [0.4, 0.5) is 5.69 Å². The van der Waals surface area contributed by atoms with Crippen LogP contribution >= 0.6 is 11.3 Å². The van der Waals surface area contributed by atoms with Crippen molar-refractivity contribution in [3.63, 3.8) is 0 Å². The maximum Gasteiger partial charge on any atom is 0.337 e. The second-order valence-electron chi connectivity index (χ2n) is 9.02. The lowest BCUT2D eigenvalue weighted by atomic mass is 10.1. The zero-order chi connectivity index (χ0) is 29.5. The van der Waals surface area contributed by atoms with E-state index in [4.69, 9.17) is 24.0 Å². The summed E-state index contributed by atoms with van der Waals surface area (Å²) >= 11 is 1.45. The van der Waals surface area contributed by atoms with E-state index in [1.54, 1.807) is 36.2 Å². The predicted octanol–water partition coefficient (Wildman–Crippen LogP) is 4.89. The highest BCUT2D eigenvalue weighted by molar-refractivity contribution is 7.07. The number of rotatable bonds is 10. The van der Waals surface area contributed by atoms with Crippen molar-refractivity contribution in [2.24, 2.45) is 10.1 Å². The SMILES string of the molecule is C=CCN=c1scc(-c2ccc3c(c2)NC(=O)CO3)n1N=Cc1ccc(OCc2ccc(C(=O)OC)cc2)c(OC)c1. The predicted molar refractivity (Wildman–Crippen MR) is 161 cm³/mol. The Morgan fingerprint density at radius 3 is 2.71 bits per heavy atom. The minimum Gasteiger partial charge on any atom is -0.493 e. The Bertz CT molecular complexity index is 1720. The summed E-state index contributed by atoms with van der Waals surface area (Å²) < 4.78 is 23.6. The van der Waals surface area contributed by atoms with Crippen LogP contribution in [-0.4, -0.2) is 50.1 Å². The number of nitrogens with zero attached hydrogens (tertiary/aromatic N) is 3. The zero-order valence-corrected chi connectivity index (χ0v) is 23.8. The summed E-state index contributed by atoms with van der Waals surface area (Å²) in [5, 5.41) is 9.55. The smallest absolute Gasteiger partial charge is 0.337 e. The molecule has 10 nitrogen and oxygen atoms in total. The van der Waals surface area contributed by atoms with Crippen molar-refractivity contribution in [1.29, 1.82) is 0 Å². The average molecular weight is 585 g/mol. The van der Waals surface area contributed by atoms with E-state index < -0.39 is 0 Å². The molecule has 1 amide bonds. The molecule has 0 aliphatic carbocycles. The standard InChI is InChI=1S/C31H28N4O6S/c1-4-13-32-31-35(25(19-42-31)23-10-12-26-24(15-23)34-29(36)18-41-26)33-16-21-7-11-27(28(14-21)38-2)40-17-20-5-8-22(9-6-20)30(37)39-3/h4-12,14-16,19H,1,13,17-18H2,2-3H3,(H,34,36). The van der Waals surface area contributed by atoms with Crippen molar-refractivity contribution < 1.29 is 28.5 Å². The number of carbonyl (C=O) groups excluding carboxylic acids is 2. The molecule has 5 rings (SSSR count). The number of hydrogen-bond donors (Lipinski definition) is 1. The van der Waals surface area contributed by atoms with Crippen LogP contribution in [0.1, 0.15) is 21.5 Å². The number of amides is 1. The lowest BCUT2D eigenvalue weighted by Gasteiger charge is -2.18. The second-order valence-corrected chi connectivity index (χ2v) is 9.86. The second kappa shape index (κ2) is 13.0. The first-order valence-corrected chi connectivity index (χ1v) is 13.8. The third-order valence-corrected chi connectivity index (χ3v) is 7.08. The monoisotopic (exact) mass is 584 g/mol. The summed E-state index contributed by atoms with van der Waals surface area (Å²) in [6.45, 7) is 4.49. The number of methoxy groups -OCH3 is 2. The van der Waals surface area contributed by atoms with Gasteiger partial charge in [0, 0.05) is 10.9 Å². The molecule has 0 radical (unpaired) electrons. The highest BCUT2D eigenvalue weighted by atomic mass is 32.1. The highest BCUT2D eigenvalue weighted by Gasteiger charge is 2.18. The first kappa shape index (κ1) is 28.4. The van der Waals surface area contributed by atoms with Crippen molar-refractivity contribution in [1.82, 2.24) is 4.68 Å². The van der Waals surface area contributed by atoms with Crippen molar-refractivity contribution in [3.8, 4) is 28.5 Å². The van der Waals surface area contributed by atoms with Crippen molar-refractivity contribution in [3.05, 3.63) is 100 Å². The largest absolute Gasteiger partial charge is 0.493 e. The molecule has 4 aromatic rings. The topological polar surface area (TPSA) is 113 Å². The molecule has 0 fully saturated rings. The summed E-state index contributed by atoms with van der Waals surface area (Å²) in [5.74, 6) is 1.14. The van der Waals surface area contributed by atoms with Gasteiger partial charge in [0.15, 0.2) is 18.1 Å². The normalized spacial score (nSPS) is 12.8. The van der Waals surface area contributed by atoms with Gasteiger partial charge in [0.1, 0.15) is 12.4 Å². The molecular formula is C31H28N4O6S. The molecule has 0 saturated carbocycles. The number of aromatic nitrogens is 1. The Morgan fingerprint density at radius 2 is 1.95 bits per heavy atom. The summed E-state index contributed by atoms with van der Waals surface area (Å²) in [6, 6.07) is 18.1. The molecule has 0 saturated heterocycles. The summed E-state index contributed by atoms with van der Waals surface area (Å²) in [5.41, 5.74) is 4.39. The van der Waals surface area contributed by atoms with Gasteiger partial charge in [-0.2, -0.15) is 5.10 Å². The Hall–Kier alpha value is -5.16. The van der Waals surface area contributed by atoms with Crippen LogP contribution in [0.15, 0.2) is 88.8 Å². The Balaban J connectivity index is 1.38. The molecule has 0 bridgehead atoms. The summed E-state index contributed by atoms with van der Waals surface area (Å²) in [6.07, 6.45) is 3.43. The fraction of sp³-hybridized carbons (Fsp3) is 0.161. The average Bonchev–Trinajstić information content (AvgIpc) is 3.43. The molecule has 214 valence electrons. The third-order valence-electron chi connectivity index (χ3n) is 6.23. The van der Waals surface area contributed by atoms with Crippen LogP contribution in [0.5, 0.6) is 17.2 Å². The number of hydrogen-bond acceptors (Lipinski definition) is 9. The molecule has 1 aromatic heterocycles. The molecule has 1 aliphatic heterocycles. The summed E-state index contributed by atoms with van der Waals surface area (Å²) in [4.78, 5) is 28.8. The van der Waals surface area contributed by atoms with Gasteiger partial charge in [-0.05, 0) is 59.7 Å². The fourth-order valence-corrected chi connectivity index (χ4v) is 4.97. The molecule has 0 unspecified atom stereocenters. The van der Waals surface area contributed by atoms with Crippen molar-refractivity contribution >= 4 is 35.1 Å². The first-order valence-electron chi connectivity index (χ1n) is 12.9. The molecule has 1 N–H and O–H groups in total. The van der Waals surface area contributed by atoms with Crippen molar-refractivity contribution in [2.75, 3.05) is 32.7 Å². The van der Waals surface area contributed by atoms with Crippen LogP contribution in [-0.2, 0) is 16.1 Å². The van der Waals surface area contributed by atoms with E-state index in [1.807, 2.05) is 53.9 Å². The molecule has 42 heavy (non-hydrogen) atoms. The van der Waals surface area contributed by atoms with E-state index in [-0.39, 0.29) is 18.5 Å². The Kier molecular flexibility index (Phi) is 8.78. The number of anilines is 1. The minimum atomic E-state index is -0.388. The molecule has 2 heterocycles. The van der Waals surface area contributed by atoms with Gasteiger partial charge < -0.3 is 24.3 Å². The maximum atomic E-state index is 11.8. The molecule has 3 aromatic carbocycles. The molecular weight excluding hydrogens is 556 g/mol. The van der Waals surface area contributed by atoms with Gasteiger partial charge in [-0.15, -0.1) is 17.9 Å². The van der Waals surface area contributed by atoms with Crippen LogP contribution in [0.3, 0.4) is 0 Å². The van der Waals surface area contributed by atoms with Gasteiger partial charge in [-0.3, -0.25) is 9.79 Å². The Morgan fingerprint density at radius 1 is 1.12 bits per heavy atom. The van der Waals surface area contributed by atoms with Gasteiger partial charge >= 0.3 is 5.97 Å². The number of nitrogens with one attached hydrogen (secondary N) is 1. The minimum absolute atomic E-state index is 0.00287. The van der Waals surface area contributed by atoms with E-state index in [0.717, 1.165) is 22.4 Å². The van der Waals surface area contributed by atoms with Crippen LogP contribution in [0, 0.1) is 0 Å². The maximum absolute atomic E-state index is 11.8. The summed E-state index contributed by atoms with van der Waals surface area (Å²) in [7, 11) is 2.92. The van der Waals surface area contributed by atoms with Crippen LogP contribution < -0.4 is 24.3 Å². The highest BCUT2D eigenvalue weighted by Crippen LogP contribution is 2.33. The van der Waals surface area contributed by atoms with E-state index in [2.05, 4.69) is 16.9 Å². The van der Waals surface area contributed by atoms with Crippen LogP contribution in [0.2, 0.25) is 0 Å². The van der Waals surface area contributed by atoms with Crippen molar-refractivity contribution in [2.45, 2.75) is 6.61 Å². The van der Waals surface area contributed by atoms with Crippen LogP contribution in [0.25, 0.3) is 11.3 Å². The molecule has 11 heteroatoms. The van der Waals surface area contributed by atoms with Gasteiger partial charge in [-0.1, -0.05) is 18.2 Å². The fourth-order valence-electron chi connectivity index (χ4n) is 4.13. The van der Waals surface area contributed by atoms with Gasteiger partial charge in [0.2, 0.25) is 4.80 Å². The lowest BCUT2D eigenvalue weighted by molar-refractivity contribution is -0.118. The molecule has 0 atom stereocenters. The van der Waals surface area contributed by atoms with Gasteiger partial charge in [-0.25, -0.2) is 9.47 Å². The van der Waals surface area contributed by atoms with E-state index >= 15 is 0 Å². The quantitative estimate of drug-likeness (QED) is 0.161. The van der Waals surface area contributed by atoms with Gasteiger partial charge in [0.25, 0.3) is 5.91 Å². The zero-order valence-electron chi connectivity index (χ0n) is 23.0. The van der Waals surface area contributed by atoms with Gasteiger partial charge in [0.05, 0.1) is 43.9 Å². The van der Waals surface area contributed by atoms with E-state index in [1.165, 1.54) is 18.4 Å². The number of carbonyl (C=O) groups is 2. The molecule has 1 aliphatic rings. The Labute approximate surface area is 246 Å². The van der Waals surface area contributed by atoms with E-state index in [0.29, 0.717) is 46.5 Å². The lowest BCUT2D eigenvalue weighted by Crippen LogP contribution is -2.25. The number of fused-ring (bicyclic) bond motifs is 1. The third kappa shape index (κ3) is 6.42.